The van der Waals surface area contributed by atoms with Gasteiger partial charge in [0.15, 0.2) is 5.75 Å². The second-order valence-corrected chi connectivity index (χ2v) is 5.45. The van der Waals surface area contributed by atoms with Gasteiger partial charge < -0.3 is 10.1 Å². The van der Waals surface area contributed by atoms with Gasteiger partial charge in [0.2, 0.25) is 0 Å². The summed E-state index contributed by atoms with van der Waals surface area (Å²) in [6.07, 6.45) is 0. The minimum absolute atomic E-state index is 0.204. The van der Waals surface area contributed by atoms with E-state index in [4.69, 9.17) is 27.9 Å². The molecular formula is C13H9BrCl2N2O2. The van der Waals surface area contributed by atoms with Gasteiger partial charge in [-0.25, -0.2) is 4.98 Å². The number of nitrogens with one attached hydrogen (secondary N) is 1. The summed E-state index contributed by atoms with van der Waals surface area (Å²) < 4.78 is 5.87. The van der Waals surface area contributed by atoms with Crippen molar-refractivity contribution in [3.63, 3.8) is 0 Å². The topological polar surface area (TPSA) is 51.2 Å². The Labute approximate surface area is 134 Å². The summed E-state index contributed by atoms with van der Waals surface area (Å²) in [5.41, 5.74) is 0.648. The molecule has 0 radical (unpaired) electrons. The normalized spacial score (nSPS) is 10.2. The van der Waals surface area contributed by atoms with Crippen molar-refractivity contribution < 1.29 is 9.53 Å². The SMILES string of the molecule is COc1c(Br)cc(Cl)cc1NC(=O)c1cccc(Cl)n1. The Bertz CT molecular complexity index is 665. The lowest BCUT2D eigenvalue weighted by atomic mass is 10.2. The van der Waals surface area contributed by atoms with Crippen LogP contribution < -0.4 is 10.1 Å². The van der Waals surface area contributed by atoms with E-state index in [9.17, 15) is 4.79 Å². The van der Waals surface area contributed by atoms with Crippen molar-refractivity contribution in [3.8, 4) is 5.75 Å². The lowest BCUT2D eigenvalue weighted by Crippen LogP contribution is -2.14. The summed E-state index contributed by atoms with van der Waals surface area (Å²) in [6.45, 7) is 0. The Morgan fingerprint density at radius 2 is 2.10 bits per heavy atom. The molecule has 2 aromatic rings. The van der Waals surface area contributed by atoms with Crippen molar-refractivity contribution in [2.45, 2.75) is 0 Å². The van der Waals surface area contributed by atoms with Crippen LogP contribution in [0.2, 0.25) is 10.2 Å². The number of carbonyl (C=O) groups excluding carboxylic acids is 1. The number of hydrogen-bond acceptors (Lipinski definition) is 3. The van der Waals surface area contributed by atoms with Gasteiger partial charge in [0.25, 0.3) is 5.91 Å². The molecule has 20 heavy (non-hydrogen) atoms. The average Bonchev–Trinajstić information content (AvgIpc) is 2.38. The number of amides is 1. The van der Waals surface area contributed by atoms with Crippen LogP contribution in [0.5, 0.6) is 5.75 Å². The highest BCUT2D eigenvalue weighted by atomic mass is 79.9. The first-order valence-electron chi connectivity index (χ1n) is 5.48. The van der Waals surface area contributed by atoms with Crippen LogP contribution in [-0.2, 0) is 0 Å². The minimum atomic E-state index is -0.403. The molecule has 4 nitrogen and oxygen atoms in total. The summed E-state index contributed by atoms with van der Waals surface area (Å²) in [4.78, 5) is 16.0. The van der Waals surface area contributed by atoms with E-state index in [-0.39, 0.29) is 10.8 Å². The smallest absolute Gasteiger partial charge is 0.274 e. The van der Waals surface area contributed by atoms with Crippen LogP contribution in [-0.4, -0.2) is 18.0 Å². The summed E-state index contributed by atoms with van der Waals surface area (Å²) in [5.74, 6) is 0.0738. The molecule has 104 valence electrons. The maximum absolute atomic E-state index is 12.1. The largest absolute Gasteiger partial charge is 0.493 e. The van der Waals surface area contributed by atoms with Crippen LogP contribution in [0, 0.1) is 0 Å². The molecule has 0 spiro atoms. The fourth-order valence-electron chi connectivity index (χ4n) is 1.58. The molecule has 0 saturated heterocycles. The molecule has 1 aromatic heterocycles. The molecule has 0 fully saturated rings. The van der Waals surface area contributed by atoms with E-state index in [2.05, 4.69) is 26.2 Å². The van der Waals surface area contributed by atoms with E-state index in [1.807, 2.05) is 0 Å². The third kappa shape index (κ3) is 3.42. The van der Waals surface area contributed by atoms with Gasteiger partial charge in [0.1, 0.15) is 10.8 Å². The van der Waals surface area contributed by atoms with E-state index < -0.39 is 5.91 Å². The van der Waals surface area contributed by atoms with E-state index in [0.717, 1.165) is 0 Å². The molecule has 7 heteroatoms. The molecule has 1 N–H and O–H groups in total. The van der Waals surface area contributed by atoms with Crippen molar-refractivity contribution in [1.82, 2.24) is 4.98 Å². The number of anilines is 1. The molecule has 0 unspecified atom stereocenters. The molecule has 2 rings (SSSR count). The Hall–Kier alpha value is -1.30. The zero-order chi connectivity index (χ0) is 14.7. The first kappa shape index (κ1) is 15.1. The second-order valence-electron chi connectivity index (χ2n) is 3.77. The number of aromatic nitrogens is 1. The highest BCUT2D eigenvalue weighted by molar-refractivity contribution is 9.10. The average molecular weight is 376 g/mol. The number of hydrogen-bond donors (Lipinski definition) is 1. The van der Waals surface area contributed by atoms with E-state index in [0.29, 0.717) is 20.9 Å². The van der Waals surface area contributed by atoms with Crippen LogP contribution in [0.25, 0.3) is 0 Å². The van der Waals surface area contributed by atoms with Crippen molar-refractivity contribution in [3.05, 3.63) is 50.7 Å². The predicted octanol–water partition coefficient (Wildman–Crippen LogP) is 4.41. The highest BCUT2D eigenvalue weighted by Gasteiger charge is 2.14. The van der Waals surface area contributed by atoms with Crippen LogP contribution in [0.3, 0.4) is 0 Å². The van der Waals surface area contributed by atoms with Gasteiger partial charge in [-0.15, -0.1) is 0 Å². The van der Waals surface area contributed by atoms with Crippen molar-refractivity contribution in [1.29, 1.82) is 0 Å². The summed E-state index contributed by atoms with van der Waals surface area (Å²) in [5, 5.41) is 3.40. The van der Waals surface area contributed by atoms with E-state index in [1.165, 1.54) is 7.11 Å². The number of benzene rings is 1. The minimum Gasteiger partial charge on any atom is -0.493 e. The highest BCUT2D eigenvalue weighted by Crippen LogP contribution is 2.36. The molecule has 1 amide bonds. The maximum atomic E-state index is 12.1. The number of carbonyl (C=O) groups is 1. The van der Waals surface area contributed by atoms with Gasteiger partial charge in [-0.3, -0.25) is 4.79 Å². The summed E-state index contributed by atoms with van der Waals surface area (Å²) in [7, 11) is 1.50. The van der Waals surface area contributed by atoms with Crippen LogP contribution in [0.1, 0.15) is 10.5 Å². The molecule has 0 aliphatic rings. The third-order valence-electron chi connectivity index (χ3n) is 2.41. The number of halogens is 3. The lowest BCUT2D eigenvalue weighted by molar-refractivity contribution is 0.102. The Balaban J connectivity index is 2.32. The van der Waals surface area contributed by atoms with Crippen molar-refractivity contribution in [2.75, 3.05) is 12.4 Å². The first-order valence-corrected chi connectivity index (χ1v) is 7.03. The van der Waals surface area contributed by atoms with Crippen LogP contribution >= 0.6 is 39.1 Å². The predicted molar refractivity (Wildman–Crippen MR) is 82.9 cm³/mol. The van der Waals surface area contributed by atoms with Crippen LogP contribution in [0.15, 0.2) is 34.8 Å². The molecule has 0 aliphatic heterocycles. The number of rotatable bonds is 3. The zero-order valence-corrected chi connectivity index (χ0v) is 13.4. The van der Waals surface area contributed by atoms with Gasteiger partial charge >= 0.3 is 0 Å². The first-order chi connectivity index (χ1) is 9.51. The van der Waals surface area contributed by atoms with Crippen LogP contribution in [0.4, 0.5) is 5.69 Å². The van der Waals surface area contributed by atoms with E-state index in [1.54, 1.807) is 30.3 Å². The molecule has 1 aromatic carbocycles. The zero-order valence-electron chi connectivity index (χ0n) is 10.3. The van der Waals surface area contributed by atoms with Gasteiger partial charge in [-0.1, -0.05) is 29.3 Å². The second kappa shape index (κ2) is 6.43. The fourth-order valence-corrected chi connectivity index (χ4v) is 2.72. The Morgan fingerprint density at radius 1 is 1.35 bits per heavy atom. The lowest BCUT2D eigenvalue weighted by Gasteiger charge is -2.12. The monoisotopic (exact) mass is 374 g/mol. The standard InChI is InChI=1S/C13H9BrCl2N2O2/c1-20-12-8(14)5-7(15)6-10(12)18-13(19)9-3-2-4-11(16)17-9/h2-6H,1H3,(H,18,19). The fraction of sp³-hybridized carbons (Fsp3) is 0.0769. The van der Waals surface area contributed by atoms with Crippen molar-refractivity contribution in [2.24, 2.45) is 0 Å². The number of nitrogens with zero attached hydrogens (tertiary/aromatic N) is 1. The number of methoxy groups -OCH3 is 1. The Morgan fingerprint density at radius 3 is 2.75 bits per heavy atom. The summed E-state index contributed by atoms with van der Waals surface area (Å²) in [6, 6.07) is 8.07. The molecular weight excluding hydrogens is 367 g/mol. The molecule has 0 atom stereocenters. The summed E-state index contributed by atoms with van der Waals surface area (Å²) >= 11 is 15.0. The number of pyridine rings is 1. The molecule has 0 aliphatic carbocycles. The van der Waals surface area contributed by atoms with Crippen molar-refractivity contribution >= 4 is 50.7 Å². The van der Waals surface area contributed by atoms with Gasteiger partial charge in [0.05, 0.1) is 17.3 Å². The Kier molecular flexibility index (Phi) is 4.86. The molecule has 0 bridgehead atoms. The molecule has 0 saturated carbocycles. The maximum Gasteiger partial charge on any atom is 0.274 e. The van der Waals surface area contributed by atoms with Gasteiger partial charge in [-0.2, -0.15) is 0 Å². The van der Waals surface area contributed by atoms with E-state index >= 15 is 0 Å². The number of ether oxygens (including phenoxy) is 1. The van der Waals surface area contributed by atoms with Gasteiger partial charge in [-0.05, 0) is 40.2 Å². The molecule has 1 heterocycles. The van der Waals surface area contributed by atoms with Gasteiger partial charge in [0, 0.05) is 5.02 Å². The quantitative estimate of drug-likeness (QED) is 0.808. The third-order valence-corrected chi connectivity index (χ3v) is 3.43.